The van der Waals surface area contributed by atoms with E-state index >= 15 is 0 Å². The maximum absolute atomic E-state index is 10.7. The summed E-state index contributed by atoms with van der Waals surface area (Å²) in [6.45, 7) is 7.67. The highest BCUT2D eigenvalue weighted by atomic mass is 16.5. The molecular weight excluding hydrogens is 216 g/mol. The Kier molecular flexibility index (Phi) is 9.40. The summed E-state index contributed by atoms with van der Waals surface area (Å²) in [5.74, 6) is 0.180. The second-order valence-corrected chi connectivity index (χ2v) is 4.37. The fourth-order valence-corrected chi connectivity index (χ4v) is 1.38. The maximum Gasteiger partial charge on any atom is 0.333 e. The Morgan fingerprint density at radius 1 is 1.29 bits per heavy atom. The van der Waals surface area contributed by atoms with Crippen LogP contribution in [0.5, 0.6) is 0 Å². The van der Waals surface area contributed by atoms with Crippen LogP contribution in [0.25, 0.3) is 0 Å². The summed E-state index contributed by atoms with van der Waals surface area (Å²) in [5, 5.41) is 0. The quantitative estimate of drug-likeness (QED) is 0.429. The van der Waals surface area contributed by atoms with Crippen LogP contribution in [0.15, 0.2) is 12.2 Å². The Balaban J connectivity index is 0.000000318. The molecule has 0 aromatic heterocycles. The third-order valence-corrected chi connectivity index (χ3v) is 2.49. The molecule has 1 fully saturated rings. The third-order valence-electron chi connectivity index (χ3n) is 2.49. The lowest BCUT2D eigenvalue weighted by atomic mass is 10.00. The lowest BCUT2D eigenvalue weighted by Crippen LogP contribution is -2.05. The molecule has 0 bridgehead atoms. The van der Waals surface area contributed by atoms with Crippen molar-refractivity contribution in [3.8, 4) is 0 Å². The number of Topliss-reactive ketones (excluding diaryl/α,β-unsaturated/α-hetero) is 1. The Morgan fingerprint density at radius 2 is 1.88 bits per heavy atom. The zero-order valence-corrected chi connectivity index (χ0v) is 11.1. The van der Waals surface area contributed by atoms with E-state index in [4.69, 9.17) is 4.74 Å². The van der Waals surface area contributed by atoms with Crippen molar-refractivity contribution >= 4 is 11.8 Å². The van der Waals surface area contributed by atoms with Crippen molar-refractivity contribution in [1.29, 1.82) is 0 Å². The van der Waals surface area contributed by atoms with Crippen LogP contribution in [0.1, 0.15) is 58.8 Å². The van der Waals surface area contributed by atoms with Crippen molar-refractivity contribution in [1.82, 2.24) is 0 Å². The van der Waals surface area contributed by atoms with Crippen LogP contribution >= 0.6 is 0 Å². The fraction of sp³-hybridized carbons (Fsp3) is 0.714. The van der Waals surface area contributed by atoms with Gasteiger partial charge in [-0.15, -0.1) is 0 Å². The molecule has 3 nitrogen and oxygen atoms in total. The lowest BCUT2D eigenvalue weighted by molar-refractivity contribution is -0.139. The molecule has 0 atom stereocenters. The summed E-state index contributed by atoms with van der Waals surface area (Å²) in [7, 11) is 0. The summed E-state index contributed by atoms with van der Waals surface area (Å²) < 4.78 is 4.81. The SMILES string of the molecule is C=C(C)C(=O)OCCCC.O=C1CCCCC1. The summed E-state index contributed by atoms with van der Waals surface area (Å²) in [4.78, 5) is 21.2. The van der Waals surface area contributed by atoms with Gasteiger partial charge in [-0.3, -0.25) is 4.79 Å². The van der Waals surface area contributed by atoms with Gasteiger partial charge in [-0.25, -0.2) is 4.79 Å². The molecule has 0 unspecified atom stereocenters. The second-order valence-electron chi connectivity index (χ2n) is 4.37. The number of ether oxygens (including phenoxy) is 1. The van der Waals surface area contributed by atoms with Crippen molar-refractivity contribution in [3.05, 3.63) is 12.2 Å². The molecule has 0 spiro atoms. The topological polar surface area (TPSA) is 43.4 Å². The second kappa shape index (κ2) is 10.1. The molecule has 0 aromatic carbocycles. The van der Waals surface area contributed by atoms with Crippen molar-refractivity contribution < 1.29 is 14.3 Å². The molecule has 17 heavy (non-hydrogen) atoms. The molecule has 0 aliphatic heterocycles. The Hall–Kier alpha value is -1.12. The average molecular weight is 240 g/mol. The van der Waals surface area contributed by atoms with E-state index in [1.54, 1.807) is 6.92 Å². The predicted octanol–water partition coefficient (Wildman–Crippen LogP) is 3.43. The molecule has 1 saturated carbocycles. The van der Waals surface area contributed by atoms with E-state index in [9.17, 15) is 9.59 Å². The van der Waals surface area contributed by atoms with Gasteiger partial charge in [0.1, 0.15) is 5.78 Å². The molecule has 1 rings (SSSR count). The molecular formula is C14H24O3. The van der Waals surface area contributed by atoms with Gasteiger partial charge in [0.05, 0.1) is 6.61 Å². The van der Waals surface area contributed by atoms with Crippen LogP contribution in [0.3, 0.4) is 0 Å². The first-order valence-electron chi connectivity index (χ1n) is 6.42. The van der Waals surface area contributed by atoms with Crippen LogP contribution in [0, 0.1) is 0 Å². The van der Waals surface area contributed by atoms with Gasteiger partial charge in [0.2, 0.25) is 0 Å². The maximum atomic E-state index is 10.7. The average Bonchev–Trinajstić information content (AvgIpc) is 2.31. The molecule has 0 aromatic rings. The molecule has 3 heteroatoms. The smallest absolute Gasteiger partial charge is 0.333 e. The molecule has 1 aliphatic rings. The molecule has 0 N–H and O–H groups in total. The number of ketones is 1. The number of carbonyl (C=O) groups is 2. The number of hydrogen-bond acceptors (Lipinski definition) is 3. The van der Waals surface area contributed by atoms with Crippen LogP contribution in [-0.4, -0.2) is 18.4 Å². The largest absolute Gasteiger partial charge is 0.462 e. The normalized spacial score (nSPS) is 14.6. The Morgan fingerprint density at radius 3 is 2.24 bits per heavy atom. The number of carbonyl (C=O) groups excluding carboxylic acids is 2. The third kappa shape index (κ3) is 9.79. The Labute approximate surface area is 104 Å². The molecule has 0 heterocycles. The molecule has 98 valence electrons. The van der Waals surface area contributed by atoms with Crippen LogP contribution in [-0.2, 0) is 14.3 Å². The molecule has 0 saturated heterocycles. The van der Waals surface area contributed by atoms with Gasteiger partial charge in [-0.05, 0) is 26.2 Å². The molecule has 1 aliphatic carbocycles. The van der Waals surface area contributed by atoms with Crippen molar-refractivity contribution in [2.24, 2.45) is 0 Å². The van der Waals surface area contributed by atoms with E-state index < -0.39 is 0 Å². The number of unbranched alkanes of at least 4 members (excludes halogenated alkanes) is 1. The van der Waals surface area contributed by atoms with Crippen molar-refractivity contribution in [2.45, 2.75) is 58.8 Å². The summed E-state index contributed by atoms with van der Waals surface area (Å²) in [5.41, 5.74) is 0.469. The van der Waals surface area contributed by atoms with Gasteiger partial charge in [0.15, 0.2) is 0 Å². The lowest BCUT2D eigenvalue weighted by Gasteiger charge is -2.05. The highest BCUT2D eigenvalue weighted by molar-refractivity contribution is 5.86. The summed E-state index contributed by atoms with van der Waals surface area (Å²) >= 11 is 0. The number of hydrogen-bond donors (Lipinski definition) is 0. The van der Waals surface area contributed by atoms with Gasteiger partial charge in [-0.2, -0.15) is 0 Å². The van der Waals surface area contributed by atoms with E-state index in [0.29, 0.717) is 18.0 Å². The molecule has 0 amide bonds. The van der Waals surface area contributed by atoms with Crippen molar-refractivity contribution in [2.75, 3.05) is 6.61 Å². The highest BCUT2D eigenvalue weighted by Gasteiger charge is 2.06. The number of rotatable bonds is 4. The Bertz CT molecular complexity index is 248. The van der Waals surface area contributed by atoms with Crippen LogP contribution < -0.4 is 0 Å². The van der Waals surface area contributed by atoms with E-state index in [2.05, 4.69) is 13.5 Å². The van der Waals surface area contributed by atoms with Gasteiger partial charge < -0.3 is 4.74 Å². The van der Waals surface area contributed by atoms with Crippen LogP contribution in [0.4, 0.5) is 0 Å². The van der Waals surface area contributed by atoms with E-state index in [1.165, 1.54) is 6.42 Å². The minimum absolute atomic E-state index is 0.284. The first-order chi connectivity index (χ1) is 8.07. The van der Waals surface area contributed by atoms with Crippen molar-refractivity contribution in [3.63, 3.8) is 0 Å². The zero-order valence-electron chi connectivity index (χ0n) is 11.1. The first-order valence-corrected chi connectivity index (χ1v) is 6.42. The summed E-state index contributed by atoms with van der Waals surface area (Å²) in [6.07, 6.45) is 7.21. The van der Waals surface area contributed by atoms with Gasteiger partial charge in [0.25, 0.3) is 0 Å². The van der Waals surface area contributed by atoms with Gasteiger partial charge >= 0.3 is 5.97 Å². The zero-order chi connectivity index (χ0) is 13.1. The van der Waals surface area contributed by atoms with Gasteiger partial charge in [-0.1, -0.05) is 26.3 Å². The monoisotopic (exact) mass is 240 g/mol. The first kappa shape index (κ1) is 15.9. The van der Waals surface area contributed by atoms with Gasteiger partial charge in [0, 0.05) is 18.4 Å². The fourth-order valence-electron chi connectivity index (χ4n) is 1.38. The minimum atomic E-state index is -0.284. The molecule has 0 radical (unpaired) electrons. The predicted molar refractivity (Wildman–Crippen MR) is 68.8 cm³/mol. The summed E-state index contributed by atoms with van der Waals surface area (Å²) in [6, 6.07) is 0. The highest BCUT2D eigenvalue weighted by Crippen LogP contribution is 2.12. The van der Waals surface area contributed by atoms with E-state index in [0.717, 1.165) is 38.5 Å². The number of esters is 1. The standard InChI is InChI=1S/C8H14O2.C6H10O/c1-4-5-6-10-8(9)7(2)3;7-6-4-2-1-3-5-6/h2,4-6H2,1,3H3;1-5H2. The van der Waals surface area contributed by atoms with E-state index in [1.807, 2.05) is 0 Å². The minimum Gasteiger partial charge on any atom is -0.462 e. The van der Waals surface area contributed by atoms with Crippen LogP contribution in [0.2, 0.25) is 0 Å². The van der Waals surface area contributed by atoms with E-state index in [-0.39, 0.29) is 5.97 Å².